The van der Waals surface area contributed by atoms with Crippen molar-refractivity contribution in [3.05, 3.63) is 82.9 Å². The molecule has 4 rings (SSSR count). The van der Waals surface area contributed by atoms with Gasteiger partial charge in [0.2, 0.25) is 0 Å². The third-order valence-electron chi connectivity index (χ3n) is 3.83. The Bertz CT molecular complexity index is 808. The molecular weight excluding hydrogens is 228 g/mol. The number of hydrogen-bond acceptors (Lipinski definition) is 0. The summed E-state index contributed by atoms with van der Waals surface area (Å²) >= 11 is 0. The summed E-state index contributed by atoms with van der Waals surface area (Å²) in [6, 6.07) is 21.8. The van der Waals surface area contributed by atoms with Crippen LogP contribution in [-0.2, 0) is 0 Å². The molecule has 0 unspecified atom stereocenters. The fourth-order valence-electron chi connectivity index (χ4n) is 3.05. The first-order chi connectivity index (χ1) is 9.33. The Kier molecular flexibility index (Phi) is 2.13. The van der Waals surface area contributed by atoms with Gasteiger partial charge in [-0.1, -0.05) is 60.7 Å². The van der Waals surface area contributed by atoms with E-state index in [-0.39, 0.29) is 0 Å². The van der Waals surface area contributed by atoms with E-state index < -0.39 is 0 Å². The quantitative estimate of drug-likeness (QED) is 0.438. The lowest BCUT2D eigenvalue weighted by atomic mass is 9.97. The van der Waals surface area contributed by atoms with E-state index in [9.17, 15) is 0 Å². The van der Waals surface area contributed by atoms with Crippen molar-refractivity contribution in [2.75, 3.05) is 0 Å². The van der Waals surface area contributed by atoms with Crippen molar-refractivity contribution in [2.45, 2.75) is 6.92 Å². The van der Waals surface area contributed by atoms with Gasteiger partial charge in [-0.25, -0.2) is 0 Å². The Morgan fingerprint density at radius 3 is 2.47 bits per heavy atom. The van der Waals surface area contributed by atoms with Crippen LogP contribution < -0.4 is 0 Å². The second kappa shape index (κ2) is 3.83. The molecule has 0 atom stereocenters. The van der Waals surface area contributed by atoms with Gasteiger partial charge in [0.15, 0.2) is 0 Å². The summed E-state index contributed by atoms with van der Waals surface area (Å²) in [7, 11) is 0. The molecule has 0 N–H and O–H groups in total. The zero-order valence-corrected chi connectivity index (χ0v) is 10.9. The summed E-state index contributed by atoms with van der Waals surface area (Å²) in [5.41, 5.74) is 6.67. The number of rotatable bonds is 1. The van der Waals surface area contributed by atoms with Gasteiger partial charge in [0.25, 0.3) is 0 Å². The molecule has 0 heterocycles. The highest BCUT2D eigenvalue weighted by atomic mass is 14.2. The van der Waals surface area contributed by atoms with Crippen LogP contribution in [0.2, 0.25) is 0 Å². The van der Waals surface area contributed by atoms with E-state index >= 15 is 0 Å². The molecular formula is C19H14. The second-order valence-electron chi connectivity index (χ2n) is 5.18. The zero-order chi connectivity index (χ0) is 12.8. The Hall–Kier alpha value is -2.34. The maximum absolute atomic E-state index is 2.32. The average molecular weight is 242 g/mol. The van der Waals surface area contributed by atoms with Crippen molar-refractivity contribution in [1.29, 1.82) is 0 Å². The second-order valence-corrected chi connectivity index (χ2v) is 5.18. The Labute approximate surface area is 113 Å². The van der Waals surface area contributed by atoms with Crippen LogP contribution in [0.25, 0.3) is 22.4 Å². The van der Waals surface area contributed by atoms with Gasteiger partial charge in [-0.3, -0.25) is 0 Å². The van der Waals surface area contributed by atoms with Gasteiger partial charge in [-0.05, 0) is 51.6 Å². The minimum absolute atomic E-state index is 1.30. The van der Waals surface area contributed by atoms with Gasteiger partial charge >= 0.3 is 0 Å². The number of hydrogen-bond donors (Lipinski definition) is 0. The van der Waals surface area contributed by atoms with Crippen LogP contribution >= 0.6 is 0 Å². The number of aryl methyl sites for hydroxylation is 1. The smallest absolute Gasteiger partial charge is 0.00322 e. The molecule has 0 amide bonds. The monoisotopic (exact) mass is 242 g/mol. The lowest BCUT2D eigenvalue weighted by molar-refractivity contribution is 1.50. The highest BCUT2D eigenvalue weighted by Crippen LogP contribution is 2.40. The molecule has 90 valence electrons. The van der Waals surface area contributed by atoms with Gasteiger partial charge < -0.3 is 0 Å². The minimum Gasteiger partial charge on any atom is -0.0622 e. The SMILES string of the molecule is Cc1cc2c3c(cccc3c1)C(c1ccccc1)=C2. The molecule has 0 radical (unpaired) electrons. The lowest BCUT2D eigenvalue weighted by Gasteiger charge is -2.06. The molecule has 0 spiro atoms. The van der Waals surface area contributed by atoms with Crippen LogP contribution in [-0.4, -0.2) is 0 Å². The van der Waals surface area contributed by atoms with Gasteiger partial charge in [0.05, 0.1) is 0 Å². The van der Waals surface area contributed by atoms with E-state index in [1.807, 2.05) is 0 Å². The summed E-state index contributed by atoms with van der Waals surface area (Å²) in [5, 5.41) is 2.74. The topological polar surface area (TPSA) is 0 Å². The van der Waals surface area contributed by atoms with E-state index in [2.05, 4.69) is 73.7 Å². The molecule has 0 fully saturated rings. The molecule has 0 heteroatoms. The molecule has 19 heavy (non-hydrogen) atoms. The number of benzene rings is 3. The average Bonchev–Trinajstić information content (AvgIpc) is 2.80. The highest BCUT2D eigenvalue weighted by molar-refractivity contribution is 6.12. The third kappa shape index (κ3) is 1.53. The normalized spacial score (nSPS) is 12.8. The largest absolute Gasteiger partial charge is 0.0622 e. The van der Waals surface area contributed by atoms with Gasteiger partial charge in [-0.15, -0.1) is 0 Å². The Morgan fingerprint density at radius 2 is 1.63 bits per heavy atom. The van der Waals surface area contributed by atoms with Crippen LogP contribution in [0.5, 0.6) is 0 Å². The van der Waals surface area contributed by atoms with Crippen molar-refractivity contribution in [3.8, 4) is 0 Å². The summed E-state index contributed by atoms with van der Waals surface area (Å²) in [6.07, 6.45) is 2.32. The molecule has 0 saturated carbocycles. The first kappa shape index (κ1) is 10.6. The van der Waals surface area contributed by atoms with Crippen LogP contribution in [0.4, 0.5) is 0 Å². The lowest BCUT2D eigenvalue weighted by Crippen LogP contribution is -1.85. The standard InChI is InChI=1S/C19H14/c1-13-10-15-8-5-9-17-18(12-16(11-13)19(15)17)14-6-3-2-4-7-14/h2-12H,1H3. The fourth-order valence-corrected chi connectivity index (χ4v) is 3.05. The van der Waals surface area contributed by atoms with E-state index in [1.165, 1.54) is 38.6 Å². The maximum atomic E-state index is 2.32. The van der Waals surface area contributed by atoms with Crippen LogP contribution in [0, 0.1) is 6.92 Å². The van der Waals surface area contributed by atoms with E-state index in [1.54, 1.807) is 0 Å². The summed E-state index contributed by atoms with van der Waals surface area (Å²) < 4.78 is 0. The Morgan fingerprint density at radius 1 is 0.789 bits per heavy atom. The van der Waals surface area contributed by atoms with Crippen molar-refractivity contribution in [1.82, 2.24) is 0 Å². The molecule has 1 aliphatic rings. The molecule has 3 aromatic carbocycles. The van der Waals surface area contributed by atoms with E-state index in [0.717, 1.165) is 0 Å². The predicted octanol–water partition coefficient (Wildman–Crippen LogP) is 5.05. The van der Waals surface area contributed by atoms with Gasteiger partial charge in [0, 0.05) is 0 Å². The minimum atomic E-state index is 1.30. The maximum Gasteiger partial charge on any atom is -0.00322 e. The zero-order valence-electron chi connectivity index (χ0n) is 10.9. The van der Waals surface area contributed by atoms with Crippen LogP contribution in [0.3, 0.4) is 0 Å². The van der Waals surface area contributed by atoms with Crippen molar-refractivity contribution in [3.63, 3.8) is 0 Å². The highest BCUT2D eigenvalue weighted by Gasteiger charge is 2.17. The van der Waals surface area contributed by atoms with Crippen molar-refractivity contribution < 1.29 is 0 Å². The van der Waals surface area contributed by atoms with Crippen molar-refractivity contribution >= 4 is 22.4 Å². The van der Waals surface area contributed by atoms with E-state index in [0.29, 0.717) is 0 Å². The molecule has 3 aromatic rings. The summed E-state index contributed by atoms with van der Waals surface area (Å²) in [5.74, 6) is 0. The molecule has 0 aromatic heterocycles. The molecule has 0 aliphatic heterocycles. The van der Waals surface area contributed by atoms with E-state index in [4.69, 9.17) is 0 Å². The first-order valence-electron chi connectivity index (χ1n) is 6.64. The summed E-state index contributed by atoms with van der Waals surface area (Å²) in [4.78, 5) is 0. The fraction of sp³-hybridized carbons (Fsp3) is 0.0526. The molecule has 1 aliphatic carbocycles. The van der Waals surface area contributed by atoms with Crippen LogP contribution in [0.1, 0.15) is 22.3 Å². The predicted molar refractivity (Wildman–Crippen MR) is 82.1 cm³/mol. The van der Waals surface area contributed by atoms with Crippen molar-refractivity contribution in [2.24, 2.45) is 0 Å². The summed E-state index contributed by atoms with van der Waals surface area (Å²) in [6.45, 7) is 2.16. The molecule has 0 saturated heterocycles. The van der Waals surface area contributed by atoms with Crippen LogP contribution in [0.15, 0.2) is 60.7 Å². The third-order valence-corrected chi connectivity index (χ3v) is 3.83. The Balaban J connectivity index is 2.05. The molecule has 0 bridgehead atoms. The van der Waals surface area contributed by atoms with Gasteiger partial charge in [-0.2, -0.15) is 0 Å². The molecule has 0 nitrogen and oxygen atoms in total. The first-order valence-corrected chi connectivity index (χ1v) is 6.64. The van der Waals surface area contributed by atoms with Gasteiger partial charge in [0.1, 0.15) is 0 Å².